The minimum absolute atomic E-state index is 0.136. The summed E-state index contributed by atoms with van der Waals surface area (Å²) in [5.41, 5.74) is 0. The highest BCUT2D eigenvalue weighted by Crippen LogP contribution is 2.12. The normalized spacial score (nSPS) is 12.0. The number of sulfonamides is 1. The molecule has 0 unspecified atom stereocenters. The van der Waals surface area contributed by atoms with Crippen LogP contribution in [0.1, 0.15) is 6.92 Å². The van der Waals surface area contributed by atoms with Crippen molar-refractivity contribution in [2.24, 2.45) is 0 Å². The Kier molecular flexibility index (Phi) is 5.32. The smallest absolute Gasteiger partial charge is 0.240 e. The second kappa shape index (κ2) is 6.30. The molecule has 0 fully saturated rings. The topological polar surface area (TPSA) is 62.3 Å². The number of pyridine rings is 1. The summed E-state index contributed by atoms with van der Waals surface area (Å²) >= 11 is 5.65. The van der Waals surface area contributed by atoms with Crippen LogP contribution in [-0.2, 0) is 10.0 Å². The van der Waals surface area contributed by atoms with Crippen molar-refractivity contribution in [1.82, 2.24) is 14.6 Å². The van der Waals surface area contributed by atoms with E-state index < -0.39 is 10.0 Å². The van der Waals surface area contributed by atoms with Gasteiger partial charge in [0.1, 0.15) is 5.15 Å². The zero-order valence-electron chi connectivity index (χ0n) is 9.85. The van der Waals surface area contributed by atoms with Crippen LogP contribution in [-0.4, -0.2) is 45.0 Å². The van der Waals surface area contributed by atoms with Gasteiger partial charge in [-0.1, -0.05) is 18.5 Å². The van der Waals surface area contributed by atoms with E-state index in [-0.39, 0.29) is 10.0 Å². The summed E-state index contributed by atoms with van der Waals surface area (Å²) in [7, 11) is -1.56. The maximum Gasteiger partial charge on any atom is 0.240 e. The average molecular weight is 278 g/mol. The molecule has 0 bridgehead atoms. The van der Waals surface area contributed by atoms with Crippen LogP contribution >= 0.6 is 11.6 Å². The lowest BCUT2D eigenvalue weighted by Gasteiger charge is -2.14. The van der Waals surface area contributed by atoms with Crippen LogP contribution in [0.25, 0.3) is 0 Å². The molecular weight excluding hydrogens is 262 g/mol. The van der Waals surface area contributed by atoms with E-state index in [0.717, 1.165) is 6.54 Å². The Labute approximate surface area is 107 Å². The molecule has 0 radical (unpaired) electrons. The van der Waals surface area contributed by atoms with Crippen molar-refractivity contribution in [2.75, 3.05) is 26.7 Å². The Hall–Kier alpha value is -0.690. The van der Waals surface area contributed by atoms with Crippen LogP contribution in [0, 0.1) is 0 Å². The summed E-state index contributed by atoms with van der Waals surface area (Å²) in [5.74, 6) is 0. The summed E-state index contributed by atoms with van der Waals surface area (Å²) in [6.45, 7) is 3.92. The molecule has 1 aromatic rings. The third-order valence-corrected chi connectivity index (χ3v) is 4.00. The number of hydrogen-bond donors (Lipinski definition) is 1. The van der Waals surface area contributed by atoms with Gasteiger partial charge in [0.2, 0.25) is 10.0 Å². The lowest BCUT2D eigenvalue weighted by Crippen LogP contribution is -2.32. The Morgan fingerprint density at radius 1 is 1.53 bits per heavy atom. The monoisotopic (exact) mass is 277 g/mol. The molecule has 0 saturated heterocycles. The fraction of sp³-hybridized carbons (Fsp3) is 0.500. The molecule has 17 heavy (non-hydrogen) atoms. The second-order valence-corrected chi connectivity index (χ2v) is 5.76. The van der Waals surface area contributed by atoms with Crippen LogP contribution in [0.5, 0.6) is 0 Å². The largest absolute Gasteiger partial charge is 0.305 e. The number of halogens is 1. The van der Waals surface area contributed by atoms with Gasteiger partial charge in [-0.25, -0.2) is 18.1 Å². The quantitative estimate of drug-likeness (QED) is 0.787. The van der Waals surface area contributed by atoms with Crippen molar-refractivity contribution in [1.29, 1.82) is 0 Å². The Bertz CT molecular complexity index is 464. The molecule has 0 aliphatic heterocycles. The number of aromatic nitrogens is 1. The van der Waals surface area contributed by atoms with E-state index in [0.29, 0.717) is 13.1 Å². The van der Waals surface area contributed by atoms with Crippen molar-refractivity contribution in [3.05, 3.63) is 23.5 Å². The van der Waals surface area contributed by atoms with Crippen molar-refractivity contribution >= 4 is 21.6 Å². The SMILES string of the molecule is CCN(C)CCNS(=O)(=O)c1ccnc(Cl)c1. The van der Waals surface area contributed by atoms with Crippen molar-refractivity contribution in [3.8, 4) is 0 Å². The van der Waals surface area contributed by atoms with Gasteiger partial charge in [-0.15, -0.1) is 0 Å². The average Bonchev–Trinajstić information content (AvgIpc) is 2.28. The van der Waals surface area contributed by atoms with Gasteiger partial charge in [0, 0.05) is 19.3 Å². The lowest BCUT2D eigenvalue weighted by atomic mass is 10.5. The van der Waals surface area contributed by atoms with Gasteiger partial charge in [-0.2, -0.15) is 0 Å². The van der Waals surface area contributed by atoms with Crippen LogP contribution < -0.4 is 4.72 Å². The number of nitrogens with one attached hydrogen (secondary N) is 1. The summed E-state index contributed by atoms with van der Waals surface area (Å²) in [6.07, 6.45) is 1.37. The third kappa shape index (κ3) is 4.59. The van der Waals surface area contributed by atoms with E-state index in [9.17, 15) is 8.42 Å². The molecule has 0 aliphatic rings. The number of likely N-dealkylation sites (N-methyl/N-ethyl adjacent to an activating group) is 1. The molecule has 0 saturated carbocycles. The Morgan fingerprint density at radius 2 is 2.24 bits per heavy atom. The lowest BCUT2D eigenvalue weighted by molar-refractivity contribution is 0.358. The van der Waals surface area contributed by atoms with Crippen molar-refractivity contribution in [3.63, 3.8) is 0 Å². The predicted octanol–water partition coefficient (Wildman–Crippen LogP) is 0.965. The number of rotatable bonds is 6. The highest BCUT2D eigenvalue weighted by Gasteiger charge is 2.13. The molecular formula is C10H16ClN3O2S. The predicted molar refractivity (Wildman–Crippen MR) is 67.6 cm³/mol. The highest BCUT2D eigenvalue weighted by atomic mass is 35.5. The fourth-order valence-electron chi connectivity index (χ4n) is 1.16. The summed E-state index contributed by atoms with van der Waals surface area (Å²) < 4.78 is 26.2. The van der Waals surface area contributed by atoms with E-state index in [2.05, 4.69) is 9.71 Å². The molecule has 96 valence electrons. The third-order valence-electron chi connectivity index (χ3n) is 2.33. The zero-order valence-corrected chi connectivity index (χ0v) is 11.4. The molecule has 1 N–H and O–H groups in total. The van der Waals surface area contributed by atoms with Crippen molar-refractivity contribution < 1.29 is 8.42 Å². The van der Waals surface area contributed by atoms with Gasteiger partial charge in [-0.3, -0.25) is 0 Å². The summed E-state index contributed by atoms with van der Waals surface area (Å²) in [6, 6.07) is 2.74. The van der Waals surface area contributed by atoms with E-state index in [1.54, 1.807) is 0 Å². The van der Waals surface area contributed by atoms with E-state index in [4.69, 9.17) is 11.6 Å². The van der Waals surface area contributed by atoms with Gasteiger partial charge in [-0.05, 0) is 25.7 Å². The van der Waals surface area contributed by atoms with Gasteiger partial charge in [0.25, 0.3) is 0 Å². The van der Waals surface area contributed by atoms with Crippen LogP contribution in [0.2, 0.25) is 5.15 Å². The molecule has 1 heterocycles. The first kappa shape index (κ1) is 14.4. The maximum atomic E-state index is 11.8. The van der Waals surface area contributed by atoms with Crippen LogP contribution in [0.15, 0.2) is 23.2 Å². The Morgan fingerprint density at radius 3 is 2.82 bits per heavy atom. The first-order chi connectivity index (χ1) is 7.95. The first-order valence-corrected chi connectivity index (χ1v) is 7.11. The number of nitrogens with zero attached hydrogens (tertiary/aromatic N) is 2. The van der Waals surface area contributed by atoms with Gasteiger partial charge in [0.05, 0.1) is 4.90 Å². The molecule has 1 aromatic heterocycles. The van der Waals surface area contributed by atoms with Crippen LogP contribution in [0.4, 0.5) is 0 Å². The van der Waals surface area contributed by atoms with E-state index in [1.807, 2.05) is 18.9 Å². The van der Waals surface area contributed by atoms with Gasteiger partial charge < -0.3 is 4.90 Å². The second-order valence-electron chi connectivity index (χ2n) is 3.61. The van der Waals surface area contributed by atoms with E-state index >= 15 is 0 Å². The highest BCUT2D eigenvalue weighted by molar-refractivity contribution is 7.89. The molecule has 0 aromatic carbocycles. The maximum absolute atomic E-state index is 11.8. The molecule has 0 amide bonds. The standard InChI is InChI=1S/C10H16ClN3O2S/c1-3-14(2)7-6-13-17(15,16)9-4-5-12-10(11)8-9/h4-5,8,13H,3,6-7H2,1-2H3. The minimum Gasteiger partial charge on any atom is -0.305 e. The first-order valence-electron chi connectivity index (χ1n) is 5.25. The van der Waals surface area contributed by atoms with Gasteiger partial charge >= 0.3 is 0 Å². The summed E-state index contributed by atoms with van der Waals surface area (Å²) in [4.78, 5) is 5.89. The Balaban J connectivity index is 2.63. The summed E-state index contributed by atoms with van der Waals surface area (Å²) in [5, 5.41) is 0.165. The van der Waals surface area contributed by atoms with Crippen molar-refractivity contribution in [2.45, 2.75) is 11.8 Å². The molecule has 0 spiro atoms. The molecule has 0 atom stereocenters. The molecule has 1 rings (SSSR count). The molecule has 5 nitrogen and oxygen atoms in total. The molecule has 7 heteroatoms. The van der Waals surface area contributed by atoms with E-state index in [1.165, 1.54) is 18.3 Å². The fourth-order valence-corrected chi connectivity index (χ4v) is 2.44. The number of hydrogen-bond acceptors (Lipinski definition) is 4. The van der Waals surface area contributed by atoms with Gasteiger partial charge in [0.15, 0.2) is 0 Å². The minimum atomic E-state index is -3.49. The molecule has 0 aliphatic carbocycles. The van der Waals surface area contributed by atoms with Crippen LogP contribution in [0.3, 0.4) is 0 Å². The zero-order chi connectivity index (χ0) is 12.9.